The van der Waals surface area contributed by atoms with Gasteiger partial charge in [0, 0.05) is 23.0 Å². The molecule has 1 fully saturated rings. The quantitative estimate of drug-likeness (QED) is 0.591. The molecule has 7 heteroatoms. The molecule has 2 aromatic carbocycles. The van der Waals surface area contributed by atoms with E-state index in [1.807, 2.05) is 31.2 Å². The smallest absolute Gasteiger partial charge is 0.411 e. The zero-order valence-corrected chi connectivity index (χ0v) is 17.8. The lowest BCUT2D eigenvalue weighted by molar-refractivity contribution is -0.143. The van der Waals surface area contributed by atoms with E-state index in [2.05, 4.69) is 29.2 Å². The monoisotopic (exact) mass is 434 g/mol. The molecule has 0 aliphatic heterocycles. The Balaban J connectivity index is 1.40. The van der Waals surface area contributed by atoms with Crippen molar-refractivity contribution in [3.05, 3.63) is 75.7 Å². The van der Waals surface area contributed by atoms with Crippen LogP contribution < -0.4 is 0 Å². The van der Waals surface area contributed by atoms with Crippen LogP contribution in [0.3, 0.4) is 0 Å². The number of carbonyl (C=O) groups is 2. The molecule has 1 saturated carbocycles. The van der Waals surface area contributed by atoms with E-state index in [9.17, 15) is 14.7 Å². The van der Waals surface area contributed by atoms with Gasteiger partial charge in [0.15, 0.2) is 6.04 Å². The largest absolute Gasteiger partial charge is 0.479 e. The van der Waals surface area contributed by atoms with Gasteiger partial charge in [-0.1, -0.05) is 48.5 Å². The van der Waals surface area contributed by atoms with Crippen molar-refractivity contribution in [2.24, 2.45) is 0 Å². The van der Waals surface area contributed by atoms with Crippen molar-refractivity contribution in [2.75, 3.05) is 6.61 Å². The Hall–Kier alpha value is -3.19. The van der Waals surface area contributed by atoms with Crippen LogP contribution in [-0.4, -0.2) is 39.7 Å². The van der Waals surface area contributed by atoms with Crippen LogP contribution >= 0.6 is 11.3 Å². The highest BCUT2D eigenvalue weighted by Gasteiger charge is 2.44. The van der Waals surface area contributed by atoms with Crippen LogP contribution in [0.2, 0.25) is 0 Å². The number of amides is 1. The average Bonchev–Trinajstić information content (AvgIpc) is 3.43. The molecule has 1 aromatic heterocycles. The van der Waals surface area contributed by atoms with Crippen molar-refractivity contribution in [1.29, 1.82) is 0 Å². The molecule has 1 N–H and O–H groups in total. The minimum Gasteiger partial charge on any atom is -0.479 e. The number of carbonyl (C=O) groups excluding carboxylic acids is 1. The van der Waals surface area contributed by atoms with Gasteiger partial charge in [-0.05, 0) is 42.0 Å². The molecule has 5 rings (SSSR count). The predicted molar refractivity (Wildman–Crippen MR) is 117 cm³/mol. The molecule has 0 radical (unpaired) electrons. The second-order valence-electron chi connectivity index (χ2n) is 8.01. The lowest BCUT2D eigenvalue weighted by atomic mass is 9.98. The number of aromatic nitrogens is 1. The topological polar surface area (TPSA) is 79.7 Å². The molecule has 1 amide bonds. The third kappa shape index (κ3) is 3.59. The molecule has 6 nitrogen and oxygen atoms in total. The van der Waals surface area contributed by atoms with Crippen molar-refractivity contribution in [1.82, 2.24) is 9.88 Å². The van der Waals surface area contributed by atoms with Gasteiger partial charge >= 0.3 is 12.1 Å². The zero-order chi connectivity index (χ0) is 21.5. The number of ether oxygens (including phenoxy) is 1. The van der Waals surface area contributed by atoms with Crippen molar-refractivity contribution in [3.63, 3.8) is 0 Å². The first-order chi connectivity index (χ1) is 15.0. The maximum Gasteiger partial charge on any atom is 0.411 e. The Morgan fingerprint density at radius 3 is 2.26 bits per heavy atom. The van der Waals surface area contributed by atoms with E-state index in [1.54, 1.807) is 5.38 Å². The number of nitrogens with zero attached hydrogens (tertiary/aromatic N) is 2. The van der Waals surface area contributed by atoms with Crippen LogP contribution in [0.1, 0.15) is 46.6 Å². The van der Waals surface area contributed by atoms with E-state index in [0.717, 1.165) is 40.8 Å². The van der Waals surface area contributed by atoms with Gasteiger partial charge in [-0.25, -0.2) is 14.6 Å². The summed E-state index contributed by atoms with van der Waals surface area (Å²) in [6.45, 7) is 1.98. The number of carboxylic acids is 1. The number of carboxylic acid groups (broad SMARTS) is 1. The second-order valence-corrected chi connectivity index (χ2v) is 8.90. The first-order valence-electron chi connectivity index (χ1n) is 10.3. The maximum atomic E-state index is 13.1. The Kier molecular flexibility index (Phi) is 4.98. The van der Waals surface area contributed by atoms with Crippen LogP contribution in [0.5, 0.6) is 0 Å². The van der Waals surface area contributed by atoms with Gasteiger partial charge in [0.1, 0.15) is 11.6 Å². The first kappa shape index (κ1) is 19.8. The van der Waals surface area contributed by atoms with E-state index in [4.69, 9.17) is 4.74 Å². The minimum absolute atomic E-state index is 0.0669. The molecule has 1 unspecified atom stereocenters. The highest BCUT2D eigenvalue weighted by atomic mass is 32.1. The average molecular weight is 435 g/mol. The highest BCUT2D eigenvalue weighted by molar-refractivity contribution is 7.09. The number of aryl methyl sites for hydroxylation is 1. The molecule has 2 aliphatic carbocycles. The van der Waals surface area contributed by atoms with Gasteiger partial charge in [-0.15, -0.1) is 11.3 Å². The maximum absolute atomic E-state index is 13.1. The Labute approximate surface area is 184 Å². The fourth-order valence-electron chi connectivity index (χ4n) is 4.33. The minimum atomic E-state index is -1.12. The number of benzene rings is 2. The second kappa shape index (κ2) is 7.81. The summed E-state index contributed by atoms with van der Waals surface area (Å²) in [5.74, 6) is -1.16. The number of aliphatic carboxylic acids is 1. The van der Waals surface area contributed by atoms with Crippen LogP contribution in [0.15, 0.2) is 53.9 Å². The number of hydrogen-bond donors (Lipinski definition) is 1. The Morgan fingerprint density at radius 2 is 1.74 bits per heavy atom. The lowest BCUT2D eigenvalue weighted by Gasteiger charge is -2.27. The summed E-state index contributed by atoms with van der Waals surface area (Å²) in [5, 5.41) is 12.1. The van der Waals surface area contributed by atoms with E-state index >= 15 is 0 Å². The SMILES string of the molecule is Cc1csc(C(C(=O)O)N(C(=O)OCC2c3ccccc3-c3ccccc32)C2CC2)n1. The van der Waals surface area contributed by atoms with E-state index in [-0.39, 0.29) is 18.6 Å². The summed E-state index contributed by atoms with van der Waals surface area (Å²) in [6.07, 6.45) is 0.959. The molecule has 0 saturated heterocycles. The van der Waals surface area contributed by atoms with Gasteiger partial charge in [0.25, 0.3) is 0 Å². The van der Waals surface area contributed by atoms with Crippen LogP contribution in [-0.2, 0) is 9.53 Å². The molecular formula is C24H22N2O4S. The summed E-state index contributed by atoms with van der Waals surface area (Å²) < 4.78 is 5.76. The van der Waals surface area contributed by atoms with E-state index in [0.29, 0.717) is 5.01 Å². The fourth-order valence-corrected chi connectivity index (χ4v) is 5.21. The van der Waals surface area contributed by atoms with Gasteiger partial charge in [0.05, 0.1) is 0 Å². The van der Waals surface area contributed by atoms with Crippen molar-refractivity contribution < 1.29 is 19.4 Å². The van der Waals surface area contributed by atoms with Crippen molar-refractivity contribution >= 4 is 23.4 Å². The fraction of sp³-hybridized carbons (Fsp3) is 0.292. The highest BCUT2D eigenvalue weighted by Crippen LogP contribution is 2.45. The summed E-state index contributed by atoms with van der Waals surface area (Å²) in [5.41, 5.74) is 5.30. The Bertz CT molecular complexity index is 1110. The van der Waals surface area contributed by atoms with E-state index in [1.165, 1.54) is 16.2 Å². The summed E-state index contributed by atoms with van der Waals surface area (Å²) in [4.78, 5) is 30.9. The van der Waals surface area contributed by atoms with Gasteiger partial charge < -0.3 is 9.84 Å². The zero-order valence-electron chi connectivity index (χ0n) is 17.0. The van der Waals surface area contributed by atoms with E-state index < -0.39 is 18.1 Å². The molecular weight excluding hydrogens is 412 g/mol. The summed E-state index contributed by atoms with van der Waals surface area (Å²) >= 11 is 1.26. The van der Waals surface area contributed by atoms with Crippen LogP contribution in [0, 0.1) is 6.92 Å². The first-order valence-corrected chi connectivity index (χ1v) is 11.2. The third-order valence-corrected chi connectivity index (χ3v) is 6.88. The molecule has 3 aromatic rings. The number of hydrogen-bond acceptors (Lipinski definition) is 5. The molecule has 158 valence electrons. The van der Waals surface area contributed by atoms with Gasteiger partial charge in [-0.2, -0.15) is 0 Å². The lowest BCUT2D eigenvalue weighted by Crippen LogP contribution is -2.41. The third-order valence-electron chi connectivity index (χ3n) is 5.87. The van der Waals surface area contributed by atoms with Gasteiger partial charge in [-0.3, -0.25) is 4.90 Å². The molecule has 0 spiro atoms. The van der Waals surface area contributed by atoms with Gasteiger partial charge in [0.2, 0.25) is 0 Å². The van der Waals surface area contributed by atoms with Crippen LogP contribution in [0.4, 0.5) is 4.79 Å². The number of thiazole rings is 1. The standard InChI is InChI=1S/C24H22N2O4S/c1-14-13-31-22(25-14)21(23(27)28)26(15-10-11-15)24(29)30-12-20-18-8-4-2-6-16(18)17-7-3-5-9-19(17)20/h2-9,13,15,20-21H,10-12H2,1H3,(H,27,28). The molecule has 1 heterocycles. The molecule has 1 atom stereocenters. The molecule has 2 aliphatic rings. The number of fused-ring (bicyclic) bond motifs is 3. The summed E-state index contributed by atoms with van der Waals surface area (Å²) in [6, 6.07) is 15.0. The Morgan fingerprint density at radius 1 is 1.13 bits per heavy atom. The molecule has 31 heavy (non-hydrogen) atoms. The summed E-state index contributed by atoms with van der Waals surface area (Å²) in [7, 11) is 0. The number of rotatable bonds is 6. The van der Waals surface area contributed by atoms with Crippen molar-refractivity contribution in [3.8, 4) is 11.1 Å². The predicted octanol–water partition coefficient (Wildman–Crippen LogP) is 4.99. The normalized spacial score (nSPS) is 15.8. The molecule has 0 bridgehead atoms. The van der Waals surface area contributed by atoms with Crippen molar-refractivity contribution in [2.45, 2.75) is 37.8 Å². The van der Waals surface area contributed by atoms with Crippen LogP contribution in [0.25, 0.3) is 11.1 Å².